The van der Waals surface area contributed by atoms with Crippen LogP contribution in [0.2, 0.25) is 0 Å². The van der Waals surface area contributed by atoms with Crippen LogP contribution in [0.4, 0.5) is 5.69 Å². The highest BCUT2D eigenvalue weighted by Crippen LogP contribution is 2.30. The van der Waals surface area contributed by atoms with Crippen molar-refractivity contribution in [1.29, 1.82) is 0 Å². The highest BCUT2D eigenvalue weighted by Gasteiger charge is 2.12. The molecule has 0 saturated carbocycles. The molecule has 0 aliphatic heterocycles. The highest BCUT2D eigenvalue weighted by molar-refractivity contribution is 9.10. The summed E-state index contributed by atoms with van der Waals surface area (Å²) < 4.78 is 0.922. The summed E-state index contributed by atoms with van der Waals surface area (Å²) >= 11 is 3.57. The Morgan fingerprint density at radius 1 is 1.14 bits per heavy atom. The van der Waals surface area contributed by atoms with E-state index >= 15 is 0 Å². The van der Waals surface area contributed by atoms with E-state index in [0.717, 1.165) is 22.3 Å². The van der Waals surface area contributed by atoms with Gasteiger partial charge < -0.3 is 15.1 Å². The van der Waals surface area contributed by atoms with E-state index in [1.165, 1.54) is 5.56 Å². The summed E-state index contributed by atoms with van der Waals surface area (Å²) in [4.78, 5) is 2.12. The van der Waals surface area contributed by atoms with Gasteiger partial charge in [-0.25, -0.2) is 0 Å². The van der Waals surface area contributed by atoms with E-state index in [0.29, 0.717) is 6.54 Å². The van der Waals surface area contributed by atoms with Crippen LogP contribution in [0.1, 0.15) is 24.2 Å². The third-order valence-corrected chi connectivity index (χ3v) is 4.02. The van der Waals surface area contributed by atoms with Crippen molar-refractivity contribution in [3.8, 4) is 0 Å². The molecule has 21 heavy (non-hydrogen) atoms. The number of hydrogen-bond acceptors (Lipinski definition) is 3. The minimum atomic E-state index is -0.490. The number of aliphatic hydroxyl groups is 2. The summed E-state index contributed by atoms with van der Waals surface area (Å²) in [6.07, 6.45) is -0.490. The molecule has 3 nitrogen and oxygen atoms in total. The molecule has 1 unspecified atom stereocenters. The molecule has 2 aromatic rings. The summed E-state index contributed by atoms with van der Waals surface area (Å²) in [5.41, 5.74) is 3.07. The minimum absolute atomic E-state index is 0.0947. The summed E-state index contributed by atoms with van der Waals surface area (Å²) in [6.45, 7) is 3.13. The number of benzene rings is 2. The van der Waals surface area contributed by atoms with E-state index in [2.05, 4.69) is 33.0 Å². The first-order valence-electron chi connectivity index (χ1n) is 6.99. The van der Waals surface area contributed by atoms with Crippen LogP contribution in [0.5, 0.6) is 0 Å². The van der Waals surface area contributed by atoms with Gasteiger partial charge in [0.15, 0.2) is 0 Å². The van der Waals surface area contributed by atoms with Crippen LogP contribution in [-0.2, 0) is 6.54 Å². The zero-order valence-electron chi connectivity index (χ0n) is 12.0. The van der Waals surface area contributed by atoms with Gasteiger partial charge in [-0.1, -0.05) is 36.4 Å². The molecular weight excluding hydrogens is 330 g/mol. The largest absolute Gasteiger partial charge is 0.395 e. The van der Waals surface area contributed by atoms with Crippen LogP contribution < -0.4 is 4.90 Å². The molecule has 0 heterocycles. The highest BCUT2D eigenvalue weighted by atomic mass is 79.9. The Kier molecular flexibility index (Phi) is 5.79. The third kappa shape index (κ3) is 4.30. The first-order valence-corrected chi connectivity index (χ1v) is 7.78. The summed E-state index contributed by atoms with van der Waals surface area (Å²) in [5, 5.41) is 19.0. The zero-order valence-corrected chi connectivity index (χ0v) is 13.6. The Hall–Kier alpha value is -1.36. The quantitative estimate of drug-likeness (QED) is 0.838. The van der Waals surface area contributed by atoms with Crippen molar-refractivity contribution in [3.63, 3.8) is 0 Å². The lowest BCUT2D eigenvalue weighted by Gasteiger charge is -2.26. The molecule has 0 aromatic heterocycles. The molecule has 112 valence electrons. The molecule has 1 atom stereocenters. The molecule has 4 heteroatoms. The number of halogens is 1. The van der Waals surface area contributed by atoms with E-state index in [4.69, 9.17) is 0 Å². The van der Waals surface area contributed by atoms with Gasteiger partial charge in [0.25, 0.3) is 0 Å². The van der Waals surface area contributed by atoms with Gasteiger partial charge in [-0.2, -0.15) is 0 Å². The smallest absolute Gasteiger partial charge is 0.0762 e. The standard InChI is InChI=1S/C17H20BrNO2/c1-13(21)15-7-8-17(16(18)11-15)19(9-10-20)12-14-5-3-2-4-6-14/h2-8,11,13,20-21H,9-10,12H2,1H3. The molecule has 0 fully saturated rings. The fraction of sp³-hybridized carbons (Fsp3) is 0.294. The van der Waals surface area contributed by atoms with Gasteiger partial charge in [-0.05, 0) is 46.1 Å². The first-order chi connectivity index (χ1) is 10.1. The molecular formula is C17H20BrNO2. The van der Waals surface area contributed by atoms with Crippen LogP contribution in [0.25, 0.3) is 0 Å². The molecule has 0 aliphatic carbocycles. The van der Waals surface area contributed by atoms with Crippen LogP contribution >= 0.6 is 15.9 Å². The van der Waals surface area contributed by atoms with Crippen molar-refractivity contribution in [2.45, 2.75) is 19.6 Å². The predicted molar refractivity (Wildman–Crippen MR) is 89.4 cm³/mol. The van der Waals surface area contributed by atoms with Gasteiger partial charge in [-0.15, -0.1) is 0 Å². The van der Waals surface area contributed by atoms with Gasteiger partial charge >= 0.3 is 0 Å². The topological polar surface area (TPSA) is 43.7 Å². The normalized spacial score (nSPS) is 12.2. The second-order valence-corrected chi connectivity index (χ2v) is 5.87. The van der Waals surface area contributed by atoms with Gasteiger partial charge in [0.2, 0.25) is 0 Å². The van der Waals surface area contributed by atoms with Crippen LogP contribution in [0.15, 0.2) is 53.0 Å². The second-order valence-electron chi connectivity index (χ2n) is 5.02. The predicted octanol–water partition coefficient (Wildman–Crippen LogP) is 3.50. The fourth-order valence-corrected chi connectivity index (χ4v) is 2.90. The Bertz CT molecular complexity index is 572. The lowest BCUT2D eigenvalue weighted by Crippen LogP contribution is -2.26. The van der Waals surface area contributed by atoms with E-state index in [1.54, 1.807) is 6.92 Å². The summed E-state index contributed by atoms with van der Waals surface area (Å²) in [7, 11) is 0. The van der Waals surface area contributed by atoms with Crippen molar-refractivity contribution < 1.29 is 10.2 Å². The van der Waals surface area contributed by atoms with Gasteiger partial charge in [-0.3, -0.25) is 0 Å². The molecule has 0 saturated heterocycles. The number of anilines is 1. The lowest BCUT2D eigenvalue weighted by atomic mass is 10.1. The second kappa shape index (κ2) is 7.59. The summed E-state index contributed by atoms with van der Waals surface area (Å²) in [5.74, 6) is 0. The average Bonchev–Trinajstić information content (AvgIpc) is 2.48. The van der Waals surface area contributed by atoms with Crippen LogP contribution in [0, 0.1) is 0 Å². The Morgan fingerprint density at radius 2 is 1.86 bits per heavy atom. The van der Waals surface area contributed by atoms with Crippen molar-refractivity contribution in [2.24, 2.45) is 0 Å². The van der Waals surface area contributed by atoms with Crippen molar-refractivity contribution in [3.05, 3.63) is 64.1 Å². The van der Waals surface area contributed by atoms with Gasteiger partial charge in [0, 0.05) is 17.6 Å². The van der Waals surface area contributed by atoms with E-state index in [-0.39, 0.29) is 6.61 Å². The van der Waals surface area contributed by atoms with Crippen molar-refractivity contribution in [2.75, 3.05) is 18.1 Å². The number of nitrogens with zero attached hydrogens (tertiary/aromatic N) is 1. The Balaban J connectivity index is 2.25. The molecule has 2 rings (SSSR count). The van der Waals surface area contributed by atoms with E-state index in [1.807, 2.05) is 36.4 Å². The maximum Gasteiger partial charge on any atom is 0.0762 e. The molecule has 0 amide bonds. The van der Waals surface area contributed by atoms with Crippen LogP contribution in [0.3, 0.4) is 0 Å². The number of aliphatic hydroxyl groups excluding tert-OH is 2. The fourth-order valence-electron chi connectivity index (χ4n) is 2.25. The maximum absolute atomic E-state index is 9.64. The van der Waals surface area contributed by atoms with Gasteiger partial charge in [0.05, 0.1) is 18.4 Å². The molecule has 0 spiro atoms. The van der Waals surface area contributed by atoms with Crippen LogP contribution in [-0.4, -0.2) is 23.4 Å². The molecule has 0 aliphatic rings. The molecule has 0 bridgehead atoms. The monoisotopic (exact) mass is 349 g/mol. The Labute approximate surface area is 134 Å². The molecule has 2 aromatic carbocycles. The Morgan fingerprint density at radius 3 is 2.43 bits per heavy atom. The van der Waals surface area contributed by atoms with Crippen molar-refractivity contribution in [1.82, 2.24) is 0 Å². The van der Waals surface area contributed by atoms with Crippen molar-refractivity contribution >= 4 is 21.6 Å². The average molecular weight is 350 g/mol. The SMILES string of the molecule is CC(O)c1ccc(N(CCO)Cc2ccccc2)c(Br)c1. The maximum atomic E-state index is 9.64. The number of rotatable bonds is 6. The molecule has 2 N–H and O–H groups in total. The minimum Gasteiger partial charge on any atom is -0.395 e. The van der Waals surface area contributed by atoms with E-state index < -0.39 is 6.10 Å². The number of hydrogen-bond donors (Lipinski definition) is 2. The molecule has 0 radical (unpaired) electrons. The van der Waals surface area contributed by atoms with Gasteiger partial charge in [0.1, 0.15) is 0 Å². The lowest BCUT2D eigenvalue weighted by molar-refractivity contribution is 0.199. The van der Waals surface area contributed by atoms with E-state index in [9.17, 15) is 10.2 Å². The first kappa shape index (κ1) is 16.0. The summed E-state index contributed by atoms with van der Waals surface area (Å²) in [6, 6.07) is 16.0. The third-order valence-electron chi connectivity index (χ3n) is 3.38. The zero-order chi connectivity index (χ0) is 15.2.